The third-order valence-electron chi connectivity index (χ3n) is 10.4. The van der Waals surface area contributed by atoms with Crippen molar-refractivity contribution in [2.24, 2.45) is 14.1 Å². The lowest BCUT2D eigenvalue weighted by atomic mass is 10.2. The van der Waals surface area contributed by atoms with Crippen LogP contribution in [0.3, 0.4) is 0 Å². The zero-order valence-corrected chi connectivity index (χ0v) is 36.9. The zero-order chi connectivity index (χ0) is 46.1. The van der Waals surface area contributed by atoms with Crippen LogP contribution in [0.5, 0.6) is 11.5 Å². The summed E-state index contributed by atoms with van der Waals surface area (Å²) in [6.07, 6.45) is 0. The number of ether oxygens (including phenoxy) is 2. The molecule has 4 N–H and O–H groups in total. The number of anilines is 4. The van der Waals surface area contributed by atoms with Crippen LogP contribution < -0.4 is 40.7 Å². The fourth-order valence-corrected chi connectivity index (χ4v) is 9.40. The molecule has 0 aliphatic rings. The number of amides is 2. The van der Waals surface area contributed by atoms with Crippen molar-refractivity contribution in [1.29, 1.82) is 0 Å². The van der Waals surface area contributed by atoms with Crippen molar-refractivity contribution >= 4 is 54.6 Å². The van der Waals surface area contributed by atoms with Gasteiger partial charge in [0.25, 0.3) is 43.0 Å². The number of aromatic nitrogens is 4. The van der Waals surface area contributed by atoms with Crippen LogP contribution in [0.1, 0.15) is 32.1 Å². The van der Waals surface area contributed by atoms with Crippen LogP contribution in [0.2, 0.25) is 0 Å². The van der Waals surface area contributed by atoms with E-state index in [4.69, 9.17) is 9.47 Å². The number of carbonyl (C=O) groups excluding carboxylic acids is 2. The van der Waals surface area contributed by atoms with Crippen LogP contribution in [0, 0.1) is 13.8 Å². The average molecular weight is 907 g/mol. The lowest BCUT2D eigenvalue weighted by Gasteiger charge is -2.17. The molecule has 330 valence electrons. The minimum Gasteiger partial charge on any atom is -0.495 e. The van der Waals surface area contributed by atoms with E-state index in [0.29, 0.717) is 22.8 Å². The average Bonchev–Trinajstić information content (AvgIpc) is 3.63. The topological polar surface area (TPSA) is 223 Å². The van der Waals surface area contributed by atoms with Crippen LogP contribution >= 0.6 is 0 Å². The Bertz CT molecular complexity index is 3050. The van der Waals surface area contributed by atoms with Gasteiger partial charge in [0.2, 0.25) is 0 Å². The first-order valence-electron chi connectivity index (χ1n) is 19.3. The van der Waals surface area contributed by atoms with Crippen molar-refractivity contribution in [3.8, 4) is 22.9 Å². The van der Waals surface area contributed by atoms with E-state index in [1.165, 1.54) is 72.1 Å². The molecular weight excluding hydrogens is 865 g/mol. The molecule has 20 heteroatoms. The van der Waals surface area contributed by atoms with E-state index >= 15 is 0 Å². The summed E-state index contributed by atoms with van der Waals surface area (Å²) in [5.41, 5.74) is 1.77. The van der Waals surface area contributed by atoms with Gasteiger partial charge in [-0.15, -0.1) is 0 Å². The molecular formula is C44H42N8O10S2. The number of carbonyl (C=O) groups is 2. The predicted octanol–water partition coefficient (Wildman–Crippen LogP) is 5.41. The Morgan fingerprint density at radius 3 is 1.19 bits per heavy atom. The highest BCUT2D eigenvalue weighted by molar-refractivity contribution is 7.93. The summed E-state index contributed by atoms with van der Waals surface area (Å²) in [6, 6.07) is 30.5. The summed E-state index contributed by atoms with van der Waals surface area (Å²) in [4.78, 5) is 52.0. The minimum atomic E-state index is -4.56. The van der Waals surface area contributed by atoms with E-state index in [1.807, 2.05) is 12.1 Å². The number of sulfonamides is 2. The fourth-order valence-electron chi connectivity index (χ4n) is 6.86. The SMILES string of the molecule is COc1cc(OC)c(S(=O)(=O)Nc2ccc(C(=O)Nc3c(C)n(C)n(-c4ccccc4)c3=O)cc2)cc1S(=O)(=O)Nc1ccc(C(=O)Nc2c(C)n(C)n(-c3ccccc3)c2=O)cc1. The number of benzene rings is 5. The second-order valence-corrected chi connectivity index (χ2v) is 17.6. The fraction of sp³-hybridized carbons (Fsp3) is 0.136. The van der Waals surface area contributed by atoms with Gasteiger partial charge in [-0.25, -0.2) is 26.2 Å². The summed E-state index contributed by atoms with van der Waals surface area (Å²) in [5, 5.41) is 5.31. The Hall–Kier alpha value is -7.84. The lowest BCUT2D eigenvalue weighted by Crippen LogP contribution is -2.23. The lowest BCUT2D eigenvalue weighted by molar-refractivity contribution is 0.101. The highest BCUT2D eigenvalue weighted by atomic mass is 32.2. The molecule has 0 radical (unpaired) electrons. The summed E-state index contributed by atoms with van der Waals surface area (Å²) < 4.78 is 76.9. The van der Waals surface area contributed by atoms with Gasteiger partial charge in [-0.1, -0.05) is 36.4 Å². The molecule has 7 aromatic rings. The van der Waals surface area contributed by atoms with E-state index < -0.39 is 52.8 Å². The van der Waals surface area contributed by atoms with Crippen LogP contribution in [0.4, 0.5) is 22.7 Å². The molecule has 0 fully saturated rings. The first-order chi connectivity index (χ1) is 30.4. The van der Waals surface area contributed by atoms with Crippen LogP contribution in [-0.4, -0.2) is 61.6 Å². The normalized spacial score (nSPS) is 11.5. The molecule has 0 bridgehead atoms. The summed E-state index contributed by atoms with van der Waals surface area (Å²) in [5.74, 6) is -1.71. The Morgan fingerprint density at radius 1 is 0.516 bits per heavy atom. The van der Waals surface area contributed by atoms with Crippen LogP contribution in [0.25, 0.3) is 11.4 Å². The van der Waals surface area contributed by atoms with Crippen molar-refractivity contribution in [3.63, 3.8) is 0 Å². The van der Waals surface area contributed by atoms with Gasteiger partial charge in [0.1, 0.15) is 32.7 Å². The first kappa shape index (κ1) is 44.2. The molecule has 0 saturated heterocycles. The van der Waals surface area contributed by atoms with Gasteiger partial charge in [0.05, 0.1) is 37.0 Å². The van der Waals surface area contributed by atoms with Crippen molar-refractivity contribution in [3.05, 3.63) is 165 Å². The standard InChI is InChI=1S/C44H42N8O10S2/c1-27-39(43(55)51(49(27)3)33-13-9-7-10-14-33)45-41(53)29-17-21-31(22-18-29)47-63(57,58)37-26-38(36(62-6)25-35(37)61-5)64(59,60)48-32-23-19-30(20-24-32)42(54)46-40-28(2)50(4)52(44(40)56)34-15-11-8-12-16-34/h7-26,47-48H,1-6H3,(H,45,53)(H,46,54). The number of para-hydroxylation sites is 2. The minimum absolute atomic E-state index is 0.0210. The smallest absolute Gasteiger partial charge is 0.295 e. The molecule has 64 heavy (non-hydrogen) atoms. The number of methoxy groups -OCH3 is 2. The molecule has 5 aromatic carbocycles. The molecule has 2 aromatic heterocycles. The second kappa shape index (κ2) is 17.5. The largest absolute Gasteiger partial charge is 0.495 e. The van der Waals surface area contributed by atoms with Crippen molar-refractivity contribution in [2.45, 2.75) is 23.6 Å². The van der Waals surface area contributed by atoms with Gasteiger partial charge < -0.3 is 20.1 Å². The van der Waals surface area contributed by atoms with Gasteiger partial charge in [-0.2, -0.15) is 0 Å². The van der Waals surface area contributed by atoms with Gasteiger partial charge in [-0.05, 0) is 92.7 Å². The van der Waals surface area contributed by atoms with Crippen molar-refractivity contribution in [1.82, 2.24) is 18.7 Å². The third kappa shape index (κ3) is 8.50. The van der Waals surface area contributed by atoms with Crippen LogP contribution in [-0.2, 0) is 34.1 Å². The molecule has 0 saturated carbocycles. The van der Waals surface area contributed by atoms with E-state index in [0.717, 1.165) is 12.1 Å². The molecule has 2 amide bonds. The molecule has 0 atom stereocenters. The van der Waals surface area contributed by atoms with Gasteiger partial charge >= 0.3 is 0 Å². The molecule has 0 spiro atoms. The van der Waals surface area contributed by atoms with Gasteiger partial charge in [0.15, 0.2) is 0 Å². The highest BCUT2D eigenvalue weighted by Gasteiger charge is 2.29. The monoisotopic (exact) mass is 906 g/mol. The van der Waals surface area contributed by atoms with E-state index in [1.54, 1.807) is 85.8 Å². The van der Waals surface area contributed by atoms with Gasteiger partial charge in [0, 0.05) is 42.7 Å². The molecule has 7 rings (SSSR count). The van der Waals surface area contributed by atoms with Gasteiger partial charge in [-0.3, -0.25) is 38.0 Å². The highest BCUT2D eigenvalue weighted by Crippen LogP contribution is 2.36. The zero-order valence-electron chi connectivity index (χ0n) is 35.2. The number of rotatable bonds is 14. The summed E-state index contributed by atoms with van der Waals surface area (Å²) in [6.45, 7) is 3.38. The Balaban J connectivity index is 1.07. The Morgan fingerprint density at radius 2 is 0.859 bits per heavy atom. The predicted molar refractivity (Wildman–Crippen MR) is 241 cm³/mol. The van der Waals surface area contributed by atoms with Crippen LogP contribution in [0.15, 0.2) is 141 Å². The quantitative estimate of drug-likeness (QED) is 0.109. The van der Waals surface area contributed by atoms with E-state index in [2.05, 4.69) is 20.1 Å². The third-order valence-corrected chi connectivity index (χ3v) is 13.2. The number of hydrogen-bond acceptors (Lipinski definition) is 10. The van der Waals surface area contributed by atoms with Crippen molar-refractivity contribution in [2.75, 3.05) is 34.3 Å². The second-order valence-electron chi connectivity index (χ2n) is 14.3. The first-order valence-corrected chi connectivity index (χ1v) is 22.2. The Labute approximate surface area is 367 Å². The maximum absolute atomic E-state index is 13.8. The Kier molecular flexibility index (Phi) is 12.1. The molecule has 2 heterocycles. The molecule has 0 unspecified atom stereocenters. The molecule has 0 aliphatic heterocycles. The van der Waals surface area contributed by atoms with E-state index in [9.17, 15) is 36.0 Å². The maximum atomic E-state index is 13.8. The van der Waals surface area contributed by atoms with Crippen molar-refractivity contribution < 1.29 is 35.9 Å². The summed E-state index contributed by atoms with van der Waals surface area (Å²) in [7, 11) is -3.34. The number of nitrogens with one attached hydrogen (secondary N) is 4. The molecule has 18 nitrogen and oxygen atoms in total. The molecule has 0 aliphatic carbocycles. The van der Waals surface area contributed by atoms with E-state index in [-0.39, 0.29) is 45.4 Å². The summed E-state index contributed by atoms with van der Waals surface area (Å²) >= 11 is 0. The number of nitrogens with zero attached hydrogens (tertiary/aromatic N) is 4. The maximum Gasteiger partial charge on any atom is 0.295 e. The number of hydrogen-bond donors (Lipinski definition) is 4.